The van der Waals surface area contributed by atoms with E-state index < -0.39 is 5.97 Å². The predicted octanol–water partition coefficient (Wildman–Crippen LogP) is 3.87. The summed E-state index contributed by atoms with van der Waals surface area (Å²) in [4.78, 5) is 11.1. The van der Waals surface area contributed by atoms with Crippen LogP contribution in [0.25, 0.3) is 0 Å². The minimum absolute atomic E-state index is 0.207. The molecule has 0 aromatic heterocycles. The van der Waals surface area contributed by atoms with Crippen LogP contribution in [0.3, 0.4) is 0 Å². The van der Waals surface area contributed by atoms with Crippen molar-refractivity contribution in [2.75, 3.05) is 0 Å². The Morgan fingerprint density at radius 3 is 2.78 bits per heavy atom. The van der Waals surface area contributed by atoms with E-state index in [2.05, 4.69) is 13.0 Å². The van der Waals surface area contributed by atoms with E-state index in [1.165, 1.54) is 32.1 Å². The van der Waals surface area contributed by atoms with Crippen molar-refractivity contribution in [1.82, 2.24) is 0 Å². The van der Waals surface area contributed by atoms with Crippen LogP contribution < -0.4 is 0 Å². The van der Waals surface area contributed by atoms with E-state index in [0.29, 0.717) is 5.57 Å². The molecule has 0 heterocycles. The van der Waals surface area contributed by atoms with Crippen molar-refractivity contribution in [2.24, 2.45) is 29.1 Å². The van der Waals surface area contributed by atoms with Gasteiger partial charge in [-0.3, -0.25) is 0 Å². The van der Waals surface area contributed by atoms with Gasteiger partial charge in [0, 0.05) is 5.57 Å². The second kappa shape index (κ2) is 4.11. The molecule has 5 atom stereocenters. The SMILES string of the molecule is CCC1(/C=C(\C)C(=O)O)CC2CC1C1CCCC21. The molecule has 0 aliphatic heterocycles. The first kappa shape index (κ1) is 12.3. The quantitative estimate of drug-likeness (QED) is 0.770. The highest BCUT2D eigenvalue weighted by Crippen LogP contribution is 2.67. The molecule has 0 saturated heterocycles. The second-order valence-corrected chi connectivity index (χ2v) is 6.78. The van der Waals surface area contributed by atoms with Crippen LogP contribution in [0.4, 0.5) is 0 Å². The Hall–Kier alpha value is -0.790. The van der Waals surface area contributed by atoms with Crippen LogP contribution in [0.2, 0.25) is 0 Å². The average Bonchev–Trinajstić information content (AvgIpc) is 2.99. The molecule has 2 heteroatoms. The van der Waals surface area contributed by atoms with Gasteiger partial charge in [-0.1, -0.05) is 19.4 Å². The van der Waals surface area contributed by atoms with Crippen molar-refractivity contribution < 1.29 is 9.90 Å². The molecule has 3 fully saturated rings. The van der Waals surface area contributed by atoms with E-state index in [-0.39, 0.29) is 5.41 Å². The molecule has 0 aromatic carbocycles. The van der Waals surface area contributed by atoms with E-state index in [1.807, 2.05) is 0 Å². The molecule has 0 aromatic rings. The van der Waals surface area contributed by atoms with Gasteiger partial charge < -0.3 is 5.11 Å². The van der Waals surface area contributed by atoms with Crippen molar-refractivity contribution in [1.29, 1.82) is 0 Å². The normalized spacial score (nSPS) is 46.4. The van der Waals surface area contributed by atoms with Gasteiger partial charge in [0.25, 0.3) is 0 Å². The third kappa shape index (κ3) is 1.57. The molecule has 18 heavy (non-hydrogen) atoms. The Balaban J connectivity index is 1.91. The first-order chi connectivity index (χ1) is 8.57. The van der Waals surface area contributed by atoms with Crippen LogP contribution in [-0.4, -0.2) is 11.1 Å². The summed E-state index contributed by atoms with van der Waals surface area (Å²) in [6.45, 7) is 4.01. The zero-order chi connectivity index (χ0) is 12.9. The number of rotatable bonds is 3. The average molecular weight is 248 g/mol. The summed E-state index contributed by atoms with van der Waals surface area (Å²) in [6, 6.07) is 0. The van der Waals surface area contributed by atoms with Gasteiger partial charge in [0.1, 0.15) is 0 Å². The molecular weight excluding hydrogens is 224 g/mol. The summed E-state index contributed by atoms with van der Waals surface area (Å²) in [5.74, 6) is 2.80. The van der Waals surface area contributed by atoms with Gasteiger partial charge in [0.05, 0.1) is 0 Å². The molecule has 0 spiro atoms. The maximum atomic E-state index is 11.1. The zero-order valence-corrected chi connectivity index (χ0v) is 11.5. The number of carboxylic acid groups (broad SMARTS) is 1. The molecule has 1 N–H and O–H groups in total. The van der Waals surface area contributed by atoms with Crippen LogP contribution in [0.15, 0.2) is 11.6 Å². The third-order valence-electron chi connectivity index (χ3n) is 6.18. The minimum atomic E-state index is -0.742. The van der Waals surface area contributed by atoms with Gasteiger partial charge in [-0.05, 0) is 68.1 Å². The minimum Gasteiger partial charge on any atom is -0.478 e. The predicted molar refractivity (Wildman–Crippen MR) is 71.2 cm³/mol. The Labute approximate surface area is 109 Å². The molecule has 2 bridgehead atoms. The van der Waals surface area contributed by atoms with Gasteiger partial charge in [-0.2, -0.15) is 0 Å². The fraction of sp³-hybridized carbons (Fsp3) is 0.812. The van der Waals surface area contributed by atoms with Crippen LogP contribution in [-0.2, 0) is 4.79 Å². The van der Waals surface area contributed by atoms with Crippen LogP contribution in [0, 0.1) is 29.1 Å². The fourth-order valence-electron chi connectivity index (χ4n) is 5.48. The van der Waals surface area contributed by atoms with E-state index in [0.717, 1.165) is 30.1 Å². The van der Waals surface area contributed by atoms with E-state index in [1.54, 1.807) is 6.92 Å². The molecule has 0 radical (unpaired) electrons. The number of aliphatic carboxylic acids is 1. The van der Waals surface area contributed by atoms with Crippen LogP contribution in [0.1, 0.15) is 52.4 Å². The van der Waals surface area contributed by atoms with Gasteiger partial charge in [0.15, 0.2) is 0 Å². The lowest BCUT2D eigenvalue weighted by molar-refractivity contribution is -0.132. The molecule has 3 aliphatic carbocycles. The lowest BCUT2D eigenvalue weighted by Crippen LogP contribution is -2.34. The largest absolute Gasteiger partial charge is 0.478 e. The van der Waals surface area contributed by atoms with E-state index in [4.69, 9.17) is 5.11 Å². The second-order valence-electron chi connectivity index (χ2n) is 6.78. The van der Waals surface area contributed by atoms with Crippen molar-refractivity contribution in [3.05, 3.63) is 11.6 Å². The zero-order valence-electron chi connectivity index (χ0n) is 11.5. The van der Waals surface area contributed by atoms with Gasteiger partial charge in [-0.25, -0.2) is 4.79 Å². The smallest absolute Gasteiger partial charge is 0.330 e. The molecule has 3 aliphatic rings. The summed E-state index contributed by atoms with van der Waals surface area (Å²) in [5.41, 5.74) is 0.762. The summed E-state index contributed by atoms with van der Waals surface area (Å²) in [6.07, 6.45) is 10.1. The number of fused-ring (bicyclic) bond motifs is 5. The maximum Gasteiger partial charge on any atom is 0.330 e. The Bertz CT molecular complexity index is 398. The van der Waals surface area contributed by atoms with Crippen LogP contribution in [0.5, 0.6) is 0 Å². The molecule has 5 unspecified atom stereocenters. The lowest BCUT2D eigenvalue weighted by atomic mass is 9.64. The molecule has 3 saturated carbocycles. The summed E-state index contributed by atoms with van der Waals surface area (Å²) < 4.78 is 0. The van der Waals surface area contributed by atoms with Crippen molar-refractivity contribution in [2.45, 2.75) is 52.4 Å². The molecular formula is C16H24O2. The maximum absolute atomic E-state index is 11.1. The van der Waals surface area contributed by atoms with E-state index >= 15 is 0 Å². The highest BCUT2D eigenvalue weighted by Gasteiger charge is 2.59. The Morgan fingerprint density at radius 2 is 2.11 bits per heavy atom. The van der Waals surface area contributed by atoms with Crippen LogP contribution >= 0.6 is 0 Å². The van der Waals surface area contributed by atoms with Gasteiger partial charge in [-0.15, -0.1) is 0 Å². The third-order valence-corrected chi connectivity index (χ3v) is 6.18. The highest BCUT2D eigenvalue weighted by atomic mass is 16.4. The van der Waals surface area contributed by atoms with Gasteiger partial charge in [0.2, 0.25) is 0 Å². The summed E-state index contributed by atoms with van der Waals surface area (Å²) >= 11 is 0. The lowest BCUT2D eigenvalue weighted by Gasteiger charge is -2.41. The fourth-order valence-corrected chi connectivity index (χ4v) is 5.48. The van der Waals surface area contributed by atoms with Gasteiger partial charge >= 0.3 is 5.97 Å². The first-order valence-corrected chi connectivity index (χ1v) is 7.50. The first-order valence-electron chi connectivity index (χ1n) is 7.50. The molecule has 3 rings (SSSR count). The topological polar surface area (TPSA) is 37.3 Å². The molecule has 2 nitrogen and oxygen atoms in total. The monoisotopic (exact) mass is 248 g/mol. The Kier molecular flexibility index (Phi) is 2.80. The Morgan fingerprint density at radius 1 is 1.39 bits per heavy atom. The number of hydrogen-bond donors (Lipinski definition) is 1. The molecule has 100 valence electrons. The number of hydrogen-bond acceptors (Lipinski definition) is 1. The van der Waals surface area contributed by atoms with Crippen molar-refractivity contribution in [3.63, 3.8) is 0 Å². The number of allylic oxidation sites excluding steroid dienone is 1. The summed E-state index contributed by atoms with van der Waals surface area (Å²) in [7, 11) is 0. The van der Waals surface area contributed by atoms with Crippen molar-refractivity contribution >= 4 is 5.97 Å². The van der Waals surface area contributed by atoms with E-state index in [9.17, 15) is 4.79 Å². The number of carbonyl (C=O) groups is 1. The standard InChI is InChI=1S/C16H24O2/c1-3-16(8-10(2)15(17)18)9-11-7-14(16)13-6-4-5-12(11)13/h8,11-14H,3-7,9H2,1-2H3,(H,17,18)/b10-8+. The number of carboxylic acids is 1. The summed E-state index contributed by atoms with van der Waals surface area (Å²) in [5, 5.41) is 9.14. The highest BCUT2D eigenvalue weighted by molar-refractivity contribution is 5.85. The molecule has 0 amide bonds. The van der Waals surface area contributed by atoms with Crippen molar-refractivity contribution in [3.8, 4) is 0 Å².